The van der Waals surface area contributed by atoms with E-state index in [0.29, 0.717) is 27.6 Å². The minimum Gasteiger partial charge on any atom is -0.507 e. The number of aromatic nitrogens is 3. The van der Waals surface area contributed by atoms with Gasteiger partial charge < -0.3 is 10.1 Å². The number of pyridine rings is 1. The lowest BCUT2D eigenvalue weighted by molar-refractivity contribution is 0.477. The number of phenols is 1. The number of H-pyrrole nitrogens is 1. The lowest BCUT2D eigenvalue weighted by atomic mass is 9.96. The zero-order chi connectivity index (χ0) is 27.5. The average molecular weight is 532 g/mol. The molecular formula is C29H18ClN7O2. The number of fused-ring (bicyclic) bond motifs is 1. The predicted octanol–water partition coefficient (Wildman–Crippen LogP) is 5.52. The molecule has 0 bridgehead atoms. The summed E-state index contributed by atoms with van der Waals surface area (Å²) < 4.78 is 0.912. The molecule has 0 spiro atoms. The van der Waals surface area contributed by atoms with Gasteiger partial charge in [0.05, 0.1) is 11.0 Å². The monoisotopic (exact) mass is 531 g/mol. The minimum atomic E-state index is -0.812. The van der Waals surface area contributed by atoms with E-state index in [0.717, 1.165) is 10.2 Å². The molecular weight excluding hydrogens is 514 g/mol. The molecule has 0 aliphatic heterocycles. The molecule has 5 rings (SSSR count). The Morgan fingerprint density at radius 2 is 1.72 bits per heavy atom. The van der Waals surface area contributed by atoms with Crippen LogP contribution < -0.4 is 5.56 Å². The number of aromatic hydroxyl groups is 1. The first kappa shape index (κ1) is 25.2. The van der Waals surface area contributed by atoms with Crippen LogP contribution in [0.15, 0.2) is 87.7 Å². The van der Waals surface area contributed by atoms with Crippen LogP contribution >= 0.6 is 11.6 Å². The molecule has 10 heteroatoms. The molecule has 0 atom stereocenters. The molecule has 3 aromatic carbocycles. The maximum Gasteiger partial charge on any atom is 0.291 e. The summed E-state index contributed by atoms with van der Waals surface area (Å²) in [5.41, 5.74) is 1.29. The number of phenolic OH excluding ortho intramolecular Hbond substituents is 1. The number of nitriles is 2. The van der Waals surface area contributed by atoms with E-state index >= 15 is 0 Å². The van der Waals surface area contributed by atoms with Crippen LogP contribution in [0.2, 0.25) is 5.02 Å². The van der Waals surface area contributed by atoms with Gasteiger partial charge in [0.15, 0.2) is 11.6 Å². The minimum absolute atomic E-state index is 0.0285. The van der Waals surface area contributed by atoms with Crippen LogP contribution in [0.25, 0.3) is 22.2 Å². The fourth-order valence-corrected chi connectivity index (χ4v) is 4.16. The highest BCUT2D eigenvalue weighted by Crippen LogP contribution is 2.36. The van der Waals surface area contributed by atoms with E-state index < -0.39 is 5.56 Å². The van der Waals surface area contributed by atoms with Crippen LogP contribution in [0.5, 0.6) is 5.75 Å². The summed E-state index contributed by atoms with van der Waals surface area (Å²) in [4.78, 5) is 25.8. The van der Waals surface area contributed by atoms with Crippen LogP contribution in [-0.2, 0) is 0 Å². The Bertz CT molecular complexity index is 1910. The van der Waals surface area contributed by atoms with Gasteiger partial charge in [-0.1, -0.05) is 54.1 Å². The second kappa shape index (κ2) is 10.5. The van der Waals surface area contributed by atoms with Gasteiger partial charge in [0.2, 0.25) is 0 Å². The number of halogens is 1. The first-order valence-electron chi connectivity index (χ1n) is 11.6. The van der Waals surface area contributed by atoms with Crippen LogP contribution in [0.3, 0.4) is 0 Å². The summed E-state index contributed by atoms with van der Waals surface area (Å²) in [6.45, 7) is 1.64. The molecule has 0 aliphatic carbocycles. The third-order valence-electron chi connectivity index (χ3n) is 5.92. The van der Waals surface area contributed by atoms with Gasteiger partial charge in [0.25, 0.3) is 5.56 Å². The van der Waals surface area contributed by atoms with E-state index in [1.165, 1.54) is 18.3 Å². The van der Waals surface area contributed by atoms with Crippen molar-refractivity contribution in [1.29, 1.82) is 10.5 Å². The molecule has 9 nitrogen and oxygen atoms in total. The predicted molar refractivity (Wildman–Crippen MR) is 150 cm³/mol. The summed E-state index contributed by atoms with van der Waals surface area (Å²) in [7, 11) is 0. The molecule has 188 valence electrons. The third kappa shape index (κ3) is 4.78. The molecule has 0 radical (unpaired) electrons. The molecule has 0 unspecified atom stereocenters. The van der Waals surface area contributed by atoms with Crippen molar-refractivity contribution in [3.63, 3.8) is 0 Å². The van der Waals surface area contributed by atoms with Gasteiger partial charge in [-0.25, -0.2) is 9.98 Å². The Morgan fingerprint density at radius 1 is 1.03 bits per heavy atom. The third-order valence-corrected chi connectivity index (χ3v) is 6.17. The highest BCUT2D eigenvalue weighted by molar-refractivity contribution is 6.30. The second-order valence-electron chi connectivity index (χ2n) is 8.40. The molecule has 2 heterocycles. The molecule has 0 aliphatic rings. The molecule has 0 saturated heterocycles. The summed E-state index contributed by atoms with van der Waals surface area (Å²) in [6.07, 6.45) is 1.45. The van der Waals surface area contributed by atoms with E-state index in [-0.39, 0.29) is 33.8 Å². The van der Waals surface area contributed by atoms with Crippen molar-refractivity contribution in [2.24, 2.45) is 10.1 Å². The van der Waals surface area contributed by atoms with E-state index in [1.54, 1.807) is 43.3 Å². The maximum absolute atomic E-state index is 13.7. The Kier molecular flexibility index (Phi) is 6.75. The van der Waals surface area contributed by atoms with Crippen LogP contribution in [0.4, 0.5) is 5.82 Å². The van der Waals surface area contributed by atoms with Crippen LogP contribution in [0, 0.1) is 22.7 Å². The lowest BCUT2D eigenvalue weighted by Gasteiger charge is -2.14. The maximum atomic E-state index is 13.7. The van der Waals surface area contributed by atoms with E-state index in [9.17, 15) is 20.4 Å². The number of para-hydroxylation sites is 3. The second-order valence-corrected chi connectivity index (χ2v) is 8.84. The molecule has 39 heavy (non-hydrogen) atoms. The van der Waals surface area contributed by atoms with Crippen molar-refractivity contribution in [2.75, 3.05) is 0 Å². The Labute approximate surface area is 227 Å². The van der Waals surface area contributed by atoms with Gasteiger partial charge in [0, 0.05) is 22.4 Å². The zero-order valence-corrected chi connectivity index (χ0v) is 21.2. The van der Waals surface area contributed by atoms with Crippen molar-refractivity contribution in [1.82, 2.24) is 14.6 Å². The van der Waals surface area contributed by atoms with Crippen molar-refractivity contribution < 1.29 is 5.11 Å². The Morgan fingerprint density at radius 3 is 2.41 bits per heavy atom. The zero-order valence-electron chi connectivity index (χ0n) is 20.4. The van der Waals surface area contributed by atoms with Gasteiger partial charge in [-0.3, -0.25) is 4.79 Å². The normalized spacial score (nSPS) is 11.5. The number of rotatable bonds is 5. The number of imidazole rings is 1. The number of nitrogens with zero attached hydrogens (tertiary/aromatic N) is 6. The van der Waals surface area contributed by atoms with Gasteiger partial charge >= 0.3 is 0 Å². The van der Waals surface area contributed by atoms with Gasteiger partial charge in [-0.05, 0) is 42.8 Å². The van der Waals surface area contributed by atoms with Crippen molar-refractivity contribution >= 4 is 40.4 Å². The van der Waals surface area contributed by atoms with Crippen molar-refractivity contribution in [3.05, 3.63) is 111 Å². The average Bonchev–Trinajstić information content (AvgIpc) is 3.39. The number of aromatic amines is 1. The highest BCUT2D eigenvalue weighted by Gasteiger charge is 2.25. The molecule has 2 aromatic heterocycles. The quantitative estimate of drug-likeness (QED) is 0.287. The number of benzene rings is 3. The summed E-state index contributed by atoms with van der Waals surface area (Å²) in [6, 6.07) is 24.3. The highest BCUT2D eigenvalue weighted by atomic mass is 35.5. The fourth-order valence-electron chi connectivity index (χ4n) is 4.03. The SMILES string of the molecule is C/C(=N\n1c(/N=C/c2ccc(Cl)cc2)c(C#N)c(-c2ccccc2O)c(C#N)c1=O)c1nc2ccccc2[nH]1. The fraction of sp³-hybridized carbons (Fsp3) is 0.0345. The van der Waals surface area contributed by atoms with E-state index in [2.05, 4.69) is 26.1 Å². The molecule has 2 N–H and O–H groups in total. The lowest BCUT2D eigenvalue weighted by Crippen LogP contribution is -2.23. The Balaban J connectivity index is 1.80. The van der Waals surface area contributed by atoms with Gasteiger partial charge in [-0.15, -0.1) is 0 Å². The van der Waals surface area contributed by atoms with E-state index in [1.807, 2.05) is 30.3 Å². The largest absolute Gasteiger partial charge is 0.507 e. The van der Waals surface area contributed by atoms with Crippen molar-refractivity contribution in [2.45, 2.75) is 6.92 Å². The first-order valence-corrected chi connectivity index (χ1v) is 12.0. The molecule has 0 amide bonds. The first-order chi connectivity index (χ1) is 18.9. The summed E-state index contributed by atoms with van der Waals surface area (Å²) in [5.74, 6) is 0.0833. The number of nitrogens with one attached hydrogen (secondary N) is 1. The number of hydrogen-bond donors (Lipinski definition) is 2. The standard InChI is InChI=1S/C29H18ClN7O2/c1-17(27-34-23-7-3-4-8-24(23)35-27)36-37-28(33-16-18-10-12-19(30)13-11-18)21(14-31)26(22(15-32)29(37)39)20-6-2-5-9-25(20)38/h2-13,16,38H,1H3,(H,34,35)/b33-16+,36-17+. The molecule has 0 fully saturated rings. The van der Waals surface area contributed by atoms with Crippen LogP contribution in [0.1, 0.15) is 29.4 Å². The van der Waals surface area contributed by atoms with Crippen molar-refractivity contribution in [3.8, 4) is 29.0 Å². The smallest absolute Gasteiger partial charge is 0.291 e. The molecule has 5 aromatic rings. The topological polar surface area (TPSA) is 143 Å². The summed E-state index contributed by atoms with van der Waals surface area (Å²) in [5, 5.41) is 35.8. The Hall–Kier alpha value is -5.51. The summed E-state index contributed by atoms with van der Waals surface area (Å²) >= 11 is 5.99. The van der Waals surface area contributed by atoms with E-state index in [4.69, 9.17) is 11.6 Å². The number of hydrogen-bond acceptors (Lipinski definition) is 7. The van der Waals surface area contributed by atoms with Gasteiger partial charge in [-0.2, -0.15) is 20.3 Å². The number of aliphatic imine (C=N–C) groups is 1. The van der Waals surface area contributed by atoms with Gasteiger partial charge in [0.1, 0.15) is 34.7 Å². The van der Waals surface area contributed by atoms with Crippen LogP contribution in [-0.4, -0.2) is 31.7 Å². The molecule has 0 saturated carbocycles.